The van der Waals surface area contributed by atoms with Gasteiger partial charge in [0, 0.05) is 13.5 Å². The summed E-state index contributed by atoms with van der Waals surface area (Å²) in [4.78, 5) is 0. The third kappa shape index (κ3) is 3.77. The van der Waals surface area contributed by atoms with Gasteiger partial charge in [-0.3, -0.25) is 0 Å². The molecule has 0 aliphatic heterocycles. The summed E-state index contributed by atoms with van der Waals surface area (Å²) >= 11 is 0. The lowest BCUT2D eigenvalue weighted by atomic mass is 9.43. The summed E-state index contributed by atoms with van der Waals surface area (Å²) in [6.07, 6.45) is 9.11. The van der Waals surface area contributed by atoms with Gasteiger partial charge in [0.15, 0.2) is 0 Å². The second-order valence-corrected chi connectivity index (χ2v) is 12.7. The van der Waals surface area contributed by atoms with Crippen molar-refractivity contribution in [3.63, 3.8) is 0 Å². The lowest BCUT2D eigenvalue weighted by Gasteiger charge is -2.63. The van der Waals surface area contributed by atoms with Crippen LogP contribution in [0.15, 0.2) is 0 Å². The van der Waals surface area contributed by atoms with Crippen LogP contribution in [0.2, 0.25) is 0 Å². The fourth-order valence-electron chi connectivity index (χ4n) is 9.66. The first-order valence-corrected chi connectivity index (χ1v) is 13.2. The van der Waals surface area contributed by atoms with Gasteiger partial charge in [-0.25, -0.2) is 8.78 Å². The Kier molecular flexibility index (Phi) is 6.56. The summed E-state index contributed by atoms with van der Waals surface area (Å²) in [6.45, 7) is 7.88. The van der Waals surface area contributed by atoms with Gasteiger partial charge < -0.3 is 14.9 Å². The van der Waals surface area contributed by atoms with Crippen LogP contribution >= 0.6 is 0 Å². The van der Waals surface area contributed by atoms with Gasteiger partial charge in [0.05, 0.1) is 11.7 Å². The molecular formula is C27H46F2O3. The topological polar surface area (TPSA) is 49.7 Å². The Morgan fingerprint density at radius 2 is 1.72 bits per heavy atom. The van der Waals surface area contributed by atoms with E-state index < -0.39 is 18.1 Å². The van der Waals surface area contributed by atoms with Gasteiger partial charge in [-0.05, 0) is 104 Å². The Hall–Kier alpha value is -0.260. The van der Waals surface area contributed by atoms with Crippen molar-refractivity contribution in [2.75, 3.05) is 13.7 Å². The third-order valence-electron chi connectivity index (χ3n) is 11.4. The monoisotopic (exact) mass is 456 g/mol. The Morgan fingerprint density at radius 3 is 2.34 bits per heavy atom. The van der Waals surface area contributed by atoms with Crippen LogP contribution in [0.4, 0.5) is 8.78 Å². The zero-order valence-corrected chi connectivity index (χ0v) is 20.9. The van der Waals surface area contributed by atoms with Crippen molar-refractivity contribution in [2.45, 2.75) is 110 Å². The quantitative estimate of drug-likeness (QED) is 0.510. The Balaban J connectivity index is 1.55. The van der Waals surface area contributed by atoms with Crippen molar-refractivity contribution < 1.29 is 23.7 Å². The van der Waals surface area contributed by atoms with E-state index in [0.29, 0.717) is 29.6 Å². The highest BCUT2D eigenvalue weighted by Gasteiger charge is 2.63. The SMILES string of the molecule is CC[C@@]1(O)C[C@@H]2CC[C@@H]3C(CC[C@]4(C)[C@@H]([C@H](C)CC(F)(F)CO)CC[C@@H]34)[C@@]2(C)C[C@@H]1OC. The molecule has 32 heavy (non-hydrogen) atoms. The number of hydrogen-bond acceptors (Lipinski definition) is 3. The van der Waals surface area contributed by atoms with E-state index in [1.54, 1.807) is 7.11 Å². The second kappa shape index (κ2) is 8.45. The second-order valence-electron chi connectivity index (χ2n) is 12.7. The van der Waals surface area contributed by atoms with E-state index in [0.717, 1.165) is 38.5 Å². The van der Waals surface area contributed by atoms with E-state index in [2.05, 4.69) is 20.8 Å². The lowest BCUT2D eigenvalue weighted by Crippen LogP contribution is -2.60. The van der Waals surface area contributed by atoms with Crippen LogP contribution in [0.1, 0.15) is 91.9 Å². The first-order valence-electron chi connectivity index (χ1n) is 13.2. The van der Waals surface area contributed by atoms with Crippen LogP contribution in [-0.4, -0.2) is 41.6 Å². The molecular weight excluding hydrogens is 410 g/mol. The summed E-state index contributed by atoms with van der Waals surface area (Å²) in [6, 6.07) is 0. The average molecular weight is 457 g/mol. The summed E-state index contributed by atoms with van der Waals surface area (Å²) in [7, 11) is 1.75. The average Bonchev–Trinajstić information content (AvgIpc) is 3.11. The van der Waals surface area contributed by atoms with Gasteiger partial charge in [-0.1, -0.05) is 27.7 Å². The number of rotatable bonds is 6. The first kappa shape index (κ1) is 24.9. The van der Waals surface area contributed by atoms with E-state index >= 15 is 0 Å². The highest BCUT2D eigenvalue weighted by atomic mass is 19.3. The van der Waals surface area contributed by atoms with Gasteiger partial charge in [0.1, 0.15) is 6.61 Å². The first-order chi connectivity index (χ1) is 14.9. The maximum atomic E-state index is 14.0. The molecule has 4 aliphatic carbocycles. The molecule has 1 unspecified atom stereocenters. The largest absolute Gasteiger partial charge is 0.390 e. The molecule has 186 valence electrons. The molecule has 5 heteroatoms. The predicted molar refractivity (Wildman–Crippen MR) is 122 cm³/mol. The number of halogens is 2. The van der Waals surface area contributed by atoms with Gasteiger partial charge in [0.25, 0.3) is 5.92 Å². The molecule has 4 fully saturated rings. The number of fused-ring (bicyclic) bond motifs is 5. The molecule has 4 aliphatic rings. The number of hydrogen-bond donors (Lipinski definition) is 2. The molecule has 4 rings (SSSR count). The summed E-state index contributed by atoms with van der Waals surface area (Å²) in [5, 5.41) is 20.4. The van der Waals surface area contributed by atoms with Crippen LogP contribution in [0.3, 0.4) is 0 Å². The Labute approximate surface area is 193 Å². The molecule has 3 nitrogen and oxygen atoms in total. The molecule has 0 spiro atoms. The van der Waals surface area contributed by atoms with Crippen LogP contribution < -0.4 is 0 Å². The zero-order valence-electron chi connectivity index (χ0n) is 20.9. The molecule has 10 atom stereocenters. The van der Waals surface area contributed by atoms with Crippen LogP contribution in [0.25, 0.3) is 0 Å². The maximum absolute atomic E-state index is 14.0. The maximum Gasteiger partial charge on any atom is 0.270 e. The molecule has 0 bridgehead atoms. The molecule has 4 saturated carbocycles. The van der Waals surface area contributed by atoms with Crippen molar-refractivity contribution in [2.24, 2.45) is 46.3 Å². The zero-order chi connectivity index (χ0) is 23.5. The number of aliphatic hydroxyl groups excluding tert-OH is 1. The molecule has 0 amide bonds. The minimum atomic E-state index is -2.97. The minimum Gasteiger partial charge on any atom is -0.390 e. The van der Waals surface area contributed by atoms with Crippen LogP contribution in [0.5, 0.6) is 0 Å². The molecule has 0 saturated heterocycles. The molecule has 0 heterocycles. The lowest BCUT2D eigenvalue weighted by molar-refractivity contribution is -0.206. The molecule has 0 aromatic carbocycles. The van der Waals surface area contributed by atoms with E-state index in [1.165, 1.54) is 19.3 Å². The Morgan fingerprint density at radius 1 is 1.03 bits per heavy atom. The number of methoxy groups -OCH3 is 1. The molecule has 2 N–H and O–H groups in total. The number of alkyl halides is 2. The van der Waals surface area contributed by atoms with Crippen LogP contribution in [-0.2, 0) is 4.74 Å². The van der Waals surface area contributed by atoms with Gasteiger partial charge >= 0.3 is 0 Å². The highest BCUT2D eigenvalue weighted by molar-refractivity contribution is 5.12. The fraction of sp³-hybridized carbons (Fsp3) is 1.00. The van der Waals surface area contributed by atoms with Crippen molar-refractivity contribution in [1.29, 1.82) is 0 Å². The van der Waals surface area contributed by atoms with E-state index in [-0.39, 0.29) is 29.3 Å². The van der Waals surface area contributed by atoms with Crippen molar-refractivity contribution in [3.05, 3.63) is 0 Å². The molecule has 0 radical (unpaired) electrons. The van der Waals surface area contributed by atoms with Crippen LogP contribution in [0, 0.1) is 46.3 Å². The minimum absolute atomic E-state index is 0.0669. The van der Waals surface area contributed by atoms with E-state index in [1.807, 2.05) is 6.92 Å². The van der Waals surface area contributed by atoms with E-state index in [9.17, 15) is 13.9 Å². The smallest absolute Gasteiger partial charge is 0.270 e. The fourth-order valence-corrected chi connectivity index (χ4v) is 9.66. The third-order valence-corrected chi connectivity index (χ3v) is 11.4. The van der Waals surface area contributed by atoms with E-state index in [4.69, 9.17) is 9.84 Å². The number of ether oxygens (including phenoxy) is 1. The summed E-state index contributed by atoms with van der Waals surface area (Å²) in [5.74, 6) is -0.250. The normalized spacial score (nSPS) is 49.8. The van der Waals surface area contributed by atoms with Gasteiger partial charge in [-0.2, -0.15) is 0 Å². The van der Waals surface area contributed by atoms with Gasteiger partial charge in [-0.15, -0.1) is 0 Å². The van der Waals surface area contributed by atoms with Gasteiger partial charge in [0.2, 0.25) is 0 Å². The standard InChI is InChI=1S/C27H46F2O3/c1-6-26(31)14-18-7-8-19-21-10-9-20(17(2)13-27(28,29)16-30)24(21,3)12-11-22(19)25(18,4)15-23(26)32-5/h17-23,30-31H,6-16H2,1-5H3/t17-,18+,19+,20-,21+,22?,23+,24-,25+,26-/m1/s1. The predicted octanol–water partition coefficient (Wildman–Crippen LogP) is 6.07. The van der Waals surface area contributed by atoms with Crippen molar-refractivity contribution >= 4 is 0 Å². The van der Waals surface area contributed by atoms with Crippen molar-refractivity contribution in [1.82, 2.24) is 0 Å². The van der Waals surface area contributed by atoms with Crippen molar-refractivity contribution in [3.8, 4) is 0 Å². The Bertz CT molecular complexity index is 686. The molecule has 0 aromatic heterocycles. The number of aliphatic hydroxyl groups is 2. The summed E-state index contributed by atoms with van der Waals surface area (Å²) in [5.41, 5.74) is -0.379. The summed E-state index contributed by atoms with van der Waals surface area (Å²) < 4.78 is 33.8. The molecule has 0 aromatic rings. The highest BCUT2D eigenvalue weighted by Crippen LogP contribution is 2.69.